The summed E-state index contributed by atoms with van der Waals surface area (Å²) in [5, 5.41) is 7.97. The fourth-order valence-corrected chi connectivity index (χ4v) is 3.07. The van der Waals surface area contributed by atoms with Gasteiger partial charge in [-0.05, 0) is 31.2 Å². The van der Waals surface area contributed by atoms with Crippen LogP contribution < -0.4 is 10.5 Å². The molecule has 2 atom stereocenters. The van der Waals surface area contributed by atoms with Gasteiger partial charge >= 0.3 is 0 Å². The molecule has 1 aromatic heterocycles. The van der Waals surface area contributed by atoms with E-state index in [1.54, 1.807) is 0 Å². The number of aromatic amines is 1. The van der Waals surface area contributed by atoms with Crippen LogP contribution in [0.4, 0.5) is 0 Å². The minimum Gasteiger partial charge on any atom is -0.356 e. The third kappa shape index (κ3) is 3.83. The molecule has 20 heavy (non-hydrogen) atoms. The number of amides is 1. The smallest absolute Gasteiger partial charge is 0.267 e. The lowest BCUT2D eigenvalue weighted by Gasteiger charge is -2.15. The Morgan fingerprint density at radius 2 is 2.10 bits per heavy atom. The molecule has 1 aliphatic carbocycles. The quantitative estimate of drug-likeness (QED) is 0.734. The highest BCUT2D eigenvalue weighted by atomic mass is 32.2. The summed E-state index contributed by atoms with van der Waals surface area (Å²) in [5.74, 6) is 0.427. The molecule has 2 unspecified atom stereocenters. The van der Waals surface area contributed by atoms with Gasteiger partial charge in [0.2, 0.25) is 10.0 Å². The number of hydrogen-bond acceptors (Lipinski definition) is 3. The van der Waals surface area contributed by atoms with Crippen LogP contribution in [-0.4, -0.2) is 25.4 Å². The maximum atomic E-state index is 12.1. The molecular weight excluding hydrogens is 278 g/mol. The van der Waals surface area contributed by atoms with Gasteiger partial charge in [-0.2, -0.15) is 0 Å². The van der Waals surface area contributed by atoms with Gasteiger partial charge in [-0.3, -0.25) is 4.79 Å². The Hall–Kier alpha value is -1.34. The van der Waals surface area contributed by atoms with Crippen LogP contribution in [0.15, 0.2) is 17.2 Å². The van der Waals surface area contributed by atoms with Crippen molar-refractivity contribution in [3.8, 4) is 0 Å². The van der Waals surface area contributed by atoms with E-state index in [2.05, 4.69) is 17.2 Å². The lowest BCUT2D eigenvalue weighted by Crippen LogP contribution is -2.34. The number of aromatic nitrogens is 1. The standard InChI is InChI=1S/C13H21N3O3S/c1-9-3-2-4-10(6-5-9)16-13(17)12-7-11(8-15-12)20(14,18)19/h7-10,15H,2-6H2,1H3,(H,16,17)(H2,14,18,19). The summed E-state index contributed by atoms with van der Waals surface area (Å²) in [6, 6.07) is 1.43. The predicted octanol–water partition coefficient (Wildman–Crippen LogP) is 1.36. The number of primary sulfonamides is 1. The summed E-state index contributed by atoms with van der Waals surface area (Å²) in [6.07, 6.45) is 6.59. The van der Waals surface area contributed by atoms with Crippen LogP contribution in [0.2, 0.25) is 0 Å². The Morgan fingerprint density at radius 3 is 2.75 bits per heavy atom. The molecule has 0 bridgehead atoms. The molecule has 4 N–H and O–H groups in total. The van der Waals surface area contributed by atoms with Gasteiger partial charge in [0.25, 0.3) is 5.91 Å². The van der Waals surface area contributed by atoms with Crippen molar-refractivity contribution in [2.45, 2.75) is 50.0 Å². The van der Waals surface area contributed by atoms with E-state index < -0.39 is 10.0 Å². The number of carbonyl (C=O) groups is 1. The third-order valence-corrected chi connectivity index (χ3v) is 4.72. The average Bonchev–Trinajstić information content (AvgIpc) is 2.77. The second kappa shape index (κ2) is 5.97. The van der Waals surface area contributed by atoms with E-state index >= 15 is 0 Å². The molecule has 7 heteroatoms. The van der Waals surface area contributed by atoms with Crippen molar-refractivity contribution in [1.29, 1.82) is 0 Å². The minimum atomic E-state index is -3.77. The highest BCUT2D eigenvalue weighted by Gasteiger charge is 2.20. The third-order valence-electron chi connectivity index (χ3n) is 3.82. The van der Waals surface area contributed by atoms with Crippen molar-refractivity contribution in [1.82, 2.24) is 10.3 Å². The second-order valence-corrected chi connectivity index (χ2v) is 7.14. The maximum absolute atomic E-state index is 12.1. The normalized spacial score (nSPS) is 24.1. The zero-order chi connectivity index (χ0) is 14.8. The molecule has 1 amide bonds. The van der Waals surface area contributed by atoms with E-state index in [0.717, 1.165) is 25.7 Å². The van der Waals surface area contributed by atoms with Crippen LogP contribution in [0.1, 0.15) is 49.5 Å². The van der Waals surface area contributed by atoms with E-state index in [1.165, 1.54) is 18.7 Å². The number of nitrogens with one attached hydrogen (secondary N) is 2. The molecule has 1 saturated carbocycles. The molecule has 0 spiro atoms. The van der Waals surface area contributed by atoms with E-state index in [-0.39, 0.29) is 22.5 Å². The van der Waals surface area contributed by atoms with Crippen LogP contribution in [0.25, 0.3) is 0 Å². The Labute approximate surface area is 119 Å². The molecule has 0 radical (unpaired) electrons. The molecule has 1 aliphatic rings. The highest BCUT2D eigenvalue weighted by molar-refractivity contribution is 7.89. The number of nitrogens with two attached hydrogens (primary N) is 1. The molecular formula is C13H21N3O3S. The highest BCUT2D eigenvalue weighted by Crippen LogP contribution is 2.22. The van der Waals surface area contributed by atoms with E-state index in [0.29, 0.717) is 5.92 Å². The number of H-pyrrole nitrogens is 1. The first-order valence-electron chi connectivity index (χ1n) is 6.88. The largest absolute Gasteiger partial charge is 0.356 e. The van der Waals surface area contributed by atoms with Crippen molar-refractivity contribution in [3.05, 3.63) is 18.0 Å². The molecule has 1 heterocycles. The summed E-state index contributed by atoms with van der Waals surface area (Å²) in [6.45, 7) is 2.23. The van der Waals surface area contributed by atoms with Gasteiger partial charge in [-0.15, -0.1) is 0 Å². The Kier molecular flexibility index (Phi) is 4.49. The average molecular weight is 299 g/mol. The Bertz CT molecular complexity index is 579. The zero-order valence-electron chi connectivity index (χ0n) is 11.6. The van der Waals surface area contributed by atoms with Crippen LogP contribution in [0.3, 0.4) is 0 Å². The number of hydrogen-bond donors (Lipinski definition) is 3. The van der Waals surface area contributed by atoms with Gasteiger partial charge in [0.1, 0.15) is 5.69 Å². The van der Waals surface area contributed by atoms with Crippen LogP contribution in [-0.2, 0) is 10.0 Å². The summed E-state index contributed by atoms with van der Waals surface area (Å²) >= 11 is 0. The first-order chi connectivity index (χ1) is 9.36. The first-order valence-corrected chi connectivity index (χ1v) is 8.43. The SMILES string of the molecule is CC1CCCC(NC(=O)c2cc(S(N)(=O)=O)c[nH]2)CC1. The van der Waals surface area contributed by atoms with Gasteiger partial charge in [0, 0.05) is 12.2 Å². The summed E-state index contributed by atoms with van der Waals surface area (Å²) < 4.78 is 22.3. The Balaban J connectivity index is 1.99. The van der Waals surface area contributed by atoms with Crippen molar-refractivity contribution in [2.75, 3.05) is 0 Å². The van der Waals surface area contributed by atoms with Crippen molar-refractivity contribution >= 4 is 15.9 Å². The summed E-state index contributed by atoms with van der Waals surface area (Å²) in [5.41, 5.74) is 0.228. The number of rotatable bonds is 3. The molecule has 0 saturated heterocycles. The number of sulfonamides is 1. The van der Waals surface area contributed by atoms with Gasteiger partial charge in [-0.1, -0.05) is 19.8 Å². The lowest BCUT2D eigenvalue weighted by atomic mass is 10.0. The van der Waals surface area contributed by atoms with Crippen molar-refractivity contribution in [2.24, 2.45) is 11.1 Å². The molecule has 1 fully saturated rings. The molecule has 6 nitrogen and oxygen atoms in total. The van der Waals surface area contributed by atoms with E-state index in [4.69, 9.17) is 5.14 Å². The second-order valence-electron chi connectivity index (χ2n) is 5.58. The van der Waals surface area contributed by atoms with Gasteiger partial charge < -0.3 is 10.3 Å². The van der Waals surface area contributed by atoms with Crippen LogP contribution in [0.5, 0.6) is 0 Å². The fraction of sp³-hybridized carbons (Fsp3) is 0.615. The van der Waals surface area contributed by atoms with E-state index in [9.17, 15) is 13.2 Å². The molecule has 0 aliphatic heterocycles. The first kappa shape index (κ1) is 15.1. The van der Waals surface area contributed by atoms with E-state index in [1.807, 2.05) is 0 Å². The van der Waals surface area contributed by atoms with Crippen LogP contribution in [0, 0.1) is 5.92 Å². The predicted molar refractivity (Wildman–Crippen MR) is 75.7 cm³/mol. The minimum absolute atomic E-state index is 0.0721. The Morgan fingerprint density at radius 1 is 1.35 bits per heavy atom. The lowest BCUT2D eigenvalue weighted by molar-refractivity contribution is 0.0928. The maximum Gasteiger partial charge on any atom is 0.267 e. The van der Waals surface area contributed by atoms with Gasteiger partial charge in [-0.25, -0.2) is 13.6 Å². The van der Waals surface area contributed by atoms with Crippen LogP contribution >= 0.6 is 0 Å². The monoisotopic (exact) mass is 299 g/mol. The van der Waals surface area contributed by atoms with Crippen molar-refractivity contribution in [3.63, 3.8) is 0 Å². The molecule has 0 aromatic carbocycles. The van der Waals surface area contributed by atoms with Gasteiger partial charge in [0.05, 0.1) is 4.90 Å². The molecule has 1 aromatic rings. The summed E-state index contributed by atoms with van der Waals surface area (Å²) in [7, 11) is -3.77. The molecule has 2 rings (SSSR count). The summed E-state index contributed by atoms with van der Waals surface area (Å²) in [4.78, 5) is 14.7. The fourth-order valence-electron chi connectivity index (χ4n) is 2.56. The zero-order valence-corrected chi connectivity index (χ0v) is 12.4. The van der Waals surface area contributed by atoms with Crippen molar-refractivity contribution < 1.29 is 13.2 Å². The topological polar surface area (TPSA) is 105 Å². The molecule has 112 valence electrons. The van der Waals surface area contributed by atoms with Gasteiger partial charge in [0.15, 0.2) is 0 Å². The number of carbonyl (C=O) groups excluding carboxylic acids is 1.